The third-order valence-electron chi connectivity index (χ3n) is 8.29. The second kappa shape index (κ2) is 11.5. The van der Waals surface area contributed by atoms with Crippen LogP contribution in [0.4, 0.5) is 4.79 Å². The Kier molecular flexibility index (Phi) is 8.45. The van der Waals surface area contributed by atoms with Crippen molar-refractivity contribution in [3.63, 3.8) is 0 Å². The van der Waals surface area contributed by atoms with Gasteiger partial charge in [0.1, 0.15) is 12.6 Å². The van der Waals surface area contributed by atoms with Crippen molar-refractivity contribution in [3.05, 3.63) is 47.8 Å². The molecule has 0 bridgehead atoms. The lowest BCUT2D eigenvalue weighted by Crippen LogP contribution is -2.78. The molecule has 17 heteroatoms. The molecule has 1 aromatic rings. The number of halogens is 3. The number of guanidine groups is 1. The average molecular weight is 687 g/mol. The van der Waals surface area contributed by atoms with E-state index in [1.807, 2.05) is 26.8 Å². The van der Waals surface area contributed by atoms with Gasteiger partial charge in [0, 0.05) is 24.9 Å². The van der Waals surface area contributed by atoms with Crippen molar-refractivity contribution in [1.29, 1.82) is 0 Å². The minimum absolute atomic E-state index is 0.0263. The molecule has 3 fully saturated rings. The molecule has 0 aliphatic carbocycles. The lowest BCUT2D eigenvalue weighted by molar-refractivity contribution is -0.231. The van der Waals surface area contributed by atoms with E-state index in [9.17, 15) is 29.4 Å². The molecule has 3 unspecified atom stereocenters. The highest BCUT2D eigenvalue weighted by Gasteiger charge is 2.74. The summed E-state index contributed by atoms with van der Waals surface area (Å²) in [5, 5.41) is 35.0. The number of ether oxygens (including phenoxy) is 1. The van der Waals surface area contributed by atoms with Crippen molar-refractivity contribution in [2.24, 2.45) is 4.99 Å². The largest absolute Gasteiger partial charge is 0.445 e. The highest BCUT2D eigenvalue weighted by atomic mass is 35.6. The van der Waals surface area contributed by atoms with Crippen LogP contribution in [0.3, 0.4) is 0 Å². The summed E-state index contributed by atoms with van der Waals surface area (Å²) in [6.07, 6.45) is -1.03. The number of alkyl carbamates (subject to hydrolysis) is 1. The average Bonchev–Trinajstić information content (AvgIpc) is 3.53. The van der Waals surface area contributed by atoms with E-state index in [1.165, 1.54) is 4.90 Å². The molecule has 0 aromatic heterocycles. The van der Waals surface area contributed by atoms with E-state index < -0.39 is 63.8 Å². The molecule has 0 saturated carbocycles. The van der Waals surface area contributed by atoms with Crippen LogP contribution in [0.25, 0.3) is 0 Å². The number of benzene rings is 1. The molecule has 4 aliphatic heterocycles. The summed E-state index contributed by atoms with van der Waals surface area (Å²) in [5.74, 6) is -4.20. The Morgan fingerprint density at radius 3 is 2.47 bits per heavy atom. The molecule has 244 valence electrons. The summed E-state index contributed by atoms with van der Waals surface area (Å²) in [5.41, 5.74) is -0.963. The standard InChI is InChI=1S/C28H34Cl3N7O7/c1-14-32-21-17(11-37-19(39)8-9-20(37)40)33-23(35-24(42)45-13-26(29,30)31)38-12-18(28(43,44)27(21,38)36-14)34-22(41)15-6-5-7-16(10-15)25(2,3)4/h5-7,10,17-18,21,32,36,43-44H,1,8-9,11-13H2,2-4H3,(H,34,41)(H,33,35,42)/t17-,18?,21?,27?/m0/s1. The van der Waals surface area contributed by atoms with Crippen LogP contribution in [0.15, 0.2) is 41.7 Å². The fraction of sp³-hybridized carbons (Fsp3) is 0.536. The molecule has 5 rings (SSSR count). The molecule has 14 nitrogen and oxygen atoms in total. The smallest absolute Gasteiger partial charge is 0.414 e. The number of nitrogens with one attached hydrogen (secondary N) is 4. The first kappa shape index (κ1) is 33.1. The maximum absolute atomic E-state index is 13.5. The number of imide groups is 1. The SMILES string of the molecule is C=C1NC2[C@H](CN3C(=O)CCC3=O)N=C(NC(=O)OCC(Cl)(Cl)Cl)N3CC(NC(=O)c4cccc(C(C)(C)C)c4)C(O)(O)C23N1. The molecule has 3 saturated heterocycles. The summed E-state index contributed by atoms with van der Waals surface area (Å²) in [6.45, 7) is 8.77. The second-order valence-corrected chi connectivity index (χ2v) is 14.9. The number of likely N-dealkylation sites (tertiary alicyclic amines) is 1. The predicted octanol–water partition coefficient (Wildman–Crippen LogP) is 0.792. The third-order valence-corrected chi connectivity index (χ3v) is 8.62. The fourth-order valence-corrected chi connectivity index (χ4v) is 6.25. The number of hydrogen-bond donors (Lipinski definition) is 6. The normalized spacial score (nSPS) is 27.3. The minimum Gasteiger partial charge on any atom is -0.445 e. The highest BCUT2D eigenvalue weighted by Crippen LogP contribution is 2.45. The van der Waals surface area contributed by atoms with Crippen LogP contribution in [0.2, 0.25) is 0 Å². The minimum atomic E-state index is -2.75. The van der Waals surface area contributed by atoms with Crippen LogP contribution >= 0.6 is 34.8 Å². The maximum atomic E-state index is 13.5. The third kappa shape index (κ3) is 6.13. The van der Waals surface area contributed by atoms with Crippen LogP contribution in [0.1, 0.15) is 49.5 Å². The second-order valence-electron chi connectivity index (χ2n) is 12.4. The topological polar surface area (TPSA) is 185 Å². The fourth-order valence-electron chi connectivity index (χ4n) is 6.09. The number of amides is 4. The van der Waals surface area contributed by atoms with Crippen molar-refractivity contribution in [2.45, 2.75) is 72.4 Å². The predicted molar refractivity (Wildman–Crippen MR) is 164 cm³/mol. The van der Waals surface area contributed by atoms with E-state index in [-0.39, 0.29) is 43.1 Å². The van der Waals surface area contributed by atoms with E-state index in [2.05, 4.69) is 32.8 Å². The quantitative estimate of drug-likeness (QED) is 0.147. The Labute approximate surface area is 274 Å². The van der Waals surface area contributed by atoms with E-state index in [0.717, 1.165) is 10.5 Å². The van der Waals surface area contributed by atoms with Gasteiger partial charge in [-0.05, 0) is 23.1 Å². The molecule has 6 N–H and O–H groups in total. The van der Waals surface area contributed by atoms with Gasteiger partial charge in [0.25, 0.3) is 5.91 Å². The molecular formula is C28H34Cl3N7O7. The summed E-state index contributed by atoms with van der Waals surface area (Å²) >= 11 is 17.1. The zero-order chi connectivity index (χ0) is 33.1. The van der Waals surface area contributed by atoms with Gasteiger partial charge in [-0.1, -0.05) is 74.3 Å². The van der Waals surface area contributed by atoms with Gasteiger partial charge in [0.2, 0.25) is 27.4 Å². The lowest BCUT2D eigenvalue weighted by atomic mass is 9.84. The van der Waals surface area contributed by atoms with Crippen molar-refractivity contribution < 1.29 is 34.1 Å². The number of rotatable bonds is 5. The summed E-state index contributed by atoms with van der Waals surface area (Å²) in [6, 6.07) is 3.56. The highest BCUT2D eigenvalue weighted by molar-refractivity contribution is 6.67. The van der Waals surface area contributed by atoms with Crippen molar-refractivity contribution >= 4 is 64.6 Å². The molecule has 1 spiro atoms. The Morgan fingerprint density at radius 1 is 1.18 bits per heavy atom. The summed E-state index contributed by atoms with van der Waals surface area (Å²) < 4.78 is 3.10. The Balaban J connectivity index is 1.50. The van der Waals surface area contributed by atoms with Crippen LogP contribution < -0.4 is 21.3 Å². The van der Waals surface area contributed by atoms with Gasteiger partial charge < -0.3 is 35.8 Å². The molecule has 4 atom stereocenters. The number of hydrogen-bond acceptors (Lipinski definition) is 11. The van der Waals surface area contributed by atoms with Gasteiger partial charge in [0.05, 0.1) is 24.4 Å². The van der Waals surface area contributed by atoms with E-state index in [1.54, 1.807) is 18.2 Å². The summed E-state index contributed by atoms with van der Waals surface area (Å²) in [4.78, 5) is 58.3. The van der Waals surface area contributed by atoms with Crippen LogP contribution in [-0.2, 0) is 19.7 Å². The number of carbonyl (C=O) groups is 4. The van der Waals surface area contributed by atoms with Crippen molar-refractivity contribution in [1.82, 2.24) is 31.1 Å². The molecular weight excluding hydrogens is 653 g/mol. The van der Waals surface area contributed by atoms with E-state index >= 15 is 0 Å². The zero-order valence-electron chi connectivity index (χ0n) is 24.7. The lowest BCUT2D eigenvalue weighted by Gasteiger charge is -2.49. The molecule has 1 aromatic carbocycles. The zero-order valence-corrected chi connectivity index (χ0v) is 27.0. The number of nitrogens with zero attached hydrogens (tertiary/aromatic N) is 3. The molecule has 4 aliphatic rings. The monoisotopic (exact) mass is 685 g/mol. The maximum Gasteiger partial charge on any atom is 0.414 e. The van der Waals surface area contributed by atoms with E-state index in [0.29, 0.717) is 5.56 Å². The molecule has 45 heavy (non-hydrogen) atoms. The molecule has 4 amide bonds. The van der Waals surface area contributed by atoms with Gasteiger partial charge in [-0.3, -0.25) is 24.6 Å². The number of aliphatic imine (C=N–C) groups is 1. The van der Waals surface area contributed by atoms with Gasteiger partial charge in [-0.2, -0.15) is 0 Å². The van der Waals surface area contributed by atoms with Crippen LogP contribution in [0, 0.1) is 0 Å². The van der Waals surface area contributed by atoms with Gasteiger partial charge >= 0.3 is 6.09 Å². The Bertz CT molecular complexity index is 1460. The molecule has 0 radical (unpaired) electrons. The first-order chi connectivity index (χ1) is 20.8. The number of aliphatic hydroxyl groups is 2. The number of alkyl halides is 3. The first-order valence-electron chi connectivity index (χ1n) is 14.1. The molecule has 4 heterocycles. The van der Waals surface area contributed by atoms with Crippen molar-refractivity contribution in [2.75, 3.05) is 19.7 Å². The van der Waals surface area contributed by atoms with Gasteiger partial charge in [-0.15, -0.1) is 0 Å². The van der Waals surface area contributed by atoms with Crippen LogP contribution in [0.5, 0.6) is 0 Å². The Morgan fingerprint density at radius 2 is 1.84 bits per heavy atom. The summed E-state index contributed by atoms with van der Waals surface area (Å²) in [7, 11) is 0. The van der Waals surface area contributed by atoms with Crippen molar-refractivity contribution in [3.8, 4) is 0 Å². The van der Waals surface area contributed by atoms with Crippen LogP contribution in [-0.4, -0.2) is 103 Å². The van der Waals surface area contributed by atoms with Gasteiger partial charge in [-0.25, -0.2) is 9.79 Å². The number of carbonyl (C=O) groups excluding carboxylic acids is 4. The van der Waals surface area contributed by atoms with E-state index in [4.69, 9.17) is 39.5 Å². The van der Waals surface area contributed by atoms with Gasteiger partial charge in [0.15, 0.2) is 5.66 Å². The first-order valence-corrected chi connectivity index (χ1v) is 15.3. The Hall–Kier alpha value is -3.30.